The van der Waals surface area contributed by atoms with Gasteiger partial charge in [-0.1, -0.05) is 36.4 Å². The van der Waals surface area contributed by atoms with Gasteiger partial charge in [-0.05, 0) is 23.8 Å². The van der Waals surface area contributed by atoms with E-state index in [2.05, 4.69) is 10.6 Å². The molecule has 3 N–H and O–H groups in total. The number of aliphatic hydroxyl groups is 1. The number of carbonyl (C=O) groups is 1. The van der Waals surface area contributed by atoms with Crippen molar-refractivity contribution in [1.29, 1.82) is 0 Å². The Kier molecular flexibility index (Phi) is 5.81. The minimum Gasteiger partial charge on any atom is -0.391 e. The van der Waals surface area contributed by atoms with Crippen LogP contribution in [0, 0.1) is 0 Å². The average molecular weight is 338 g/mol. The Bertz CT molecular complexity index is 675. The Morgan fingerprint density at radius 2 is 1.79 bits per heavy atom. The monoisotopic (exact) mass is 338 g/mol. The maximum absolute atomic E-state index is 12.6. The zero-order valence-electron chi connectivity index (χ0n) is 12.7. The predicted molar refractivity (Wildman–Crippen MR) is 84.6 cm³/mol. The molecule has 2 aromatic rings. The van der Waals surface area contributed by atoms with Crippen molar-refractivity contribution in [2.75, 3.05) is 11.9 Å². The minimum atomic E-state index is -4.47. The van der Waals surface area contributed by atoms with Crippen LogP contribution in [0.5, 0.6) is 0 Å². The van der Waals surface area contributed by atoms with Gasteiger partial charge in [0.05, 0.1) is 11.7 Å². The number of rotatable bonds is 5. The lowest BCUT2D eigenvalue weighted by Gasteiger charge is -2.13. The standard InChI is InChI=1S/C17H17F3N2O2/c18-17(19,20)13-7-4-8-14(10-13)22-16(24)21-11-15(23)9-12-5-2-1-3-6-12/h1-8,10,15,23H,9,11H2,(H2,21,22,24)/t15-/m1/s1. The van der Waals surface area contributed by atoms with Crippen molar-refractivity contribution < 1.29 is 23.1 Å². The third kappa shape index (κ3) is 5.58. The summed E-state index contributed by atoms with van der Waals surface area (Å²) in [6.45, 7) is -0.0142. The highest BCUT2D eigenvalue weighted by Crippen LogP contribution is 2.30. The lowest BCUT2D eigenvalue weighted by molar-refractivity contribution is -0.137. The van der Waals surface area contributed by atoms with Crippen LogP contribution in [0.1, 0.15) is 11.1 Å². The van der Waals surface area contributed by atoms with Gasteiger partial charge in [0.2, 0.25) is 0 Å². The van der Waals surface area contributed by atoms with E-state index in [4.69, 9.17) is 0 Å². The van der Waals surface area contributed by atoms with E-state index in [1.807, 2.05) is 30.3 Å². The Labute approximate surface area is 137 Å². The molecule has 0 saturated heterocycles. The normalized spacial score (nSPS) is 12.5. The molecule has 0 aromatic heterocycles. The molecule has 24 heavy (non-hydrogen) atoms. The molecule has 2 rings (SSSR count). The molecule has 0 spiro atoms. The van der Waals surface area contributed by atoms with Gasteiger partial charge in [0.25, 0.3) is 0 Å². The molecule has 0 saturated carbocycles. The number of carbonyl (C=O) groups excluding carboxylic acids is 1. The van der Waals surface area contributed by atoms with Gasteiger partial charge in [-0.25, -0.2) is 4.79 Å². The molecule has 0 unspecified atom stereocenters. The first-order valence-electron chi connectivity index (χ1n) is 7.28. The molecule has 1 atom stereocenters. The SMILES string of the molecule is O=C(NC[C@H](O)Cc1ccccc1)Nc1cccc(C(F)(F)F)c1. The van der Waals surface area contributed by atoms with Gasteiger partial charge in [-0.2, -0.15) is 13.2 Å². The van der Waals surface area contributed by atoms with E-state index in [0.717, 1.165) is 17.7 Å². The van der Waals surface area contributed by atoms with Crippen LogP contribution in [0.3, 0.4) is 0 Å². The molecule has 0 aliphatic heterocycles. The van der Waals surface area contributed by atoms with E-state index < -0.39 is 23.9 Å². The predicted octanol–water partition coefficient (Wildman–Crippen LogP) is 3.43. The molecule has 0 heterocycles. The number of alkyl halides is 3. The number of anilines is 1. The second-order valence-corrected chi connectivity index (χ2v) is 5.26. The van der Waals surface area contributed by atoms with E-state index >= 15 is 0 Å². The number of amides is 2. The van der Waals surface area contributed by atoms with Crippen LogP contribution in [0.15, 0.2) is 54.6 Å². The van der Waals surface area contributed by atoms with E-state index in [0.29, 0.717) is 6.42 Å². The fourth-order valence-electron chi connectivity index (χ4n) is 2.12. The zero-order valence-corrected chi connectivity index (χ0v) is 12.7. The second-order valence-electron chi connectivity index (χ2n) is 5.26. The van der Waals surface area contributed by atoms with Crippen LogP contribution in [-0.4, -0.2) is 23.8 Å². The first kappa shape index (κ1) is 17.8. The van der Waals surface area contributed by atoms with Gasteiger partial charge in [0.1, 0.15) is 0 Å². The smallest absolute Gasteiger partial charge is 0.391 e. The Hall–Kier alpha value is -2.54. The van der Waals surface area contributed by atoms with E-state index in [9.17, 15) is 23.1 Å². The zero-order chi connectivity index (χ0) is 17.6. The van der Waals surface area contributed by atoms with Crippen LogP contribution in [0.25, 0.3) is 0 Å². The molecular weight excluding hydrogens is 321 g/mol. The summed E-state index contributed by atoms with van der Waals surface area (Å²) in [6.07, 6.45) is -4.90. The highest BCUT2D eigenvalue weighted by atomic mass is 19.4. The van der Waals surface area contributed by atoms with Crippen LogP contribution in [0.2, 0.25) is 0 Å². The van der Waals surface area contributed by atoms with Gasteiger partial charge in [-0.15, -0.1) is 0 Å². The first-order valence-corrected chi connectivity index (χ1v) is 7.28. The van der Waals surface area contributed by atoms with Crippen molar-refractivity contribution in [3.63, 3.8) is 0 Å². The van der Waals surface area contributed by atoms with Gasteiger partial charge >= 0.3 is 12.2 Å². The van der Waals surface area contributed by atoms with E-state index in [1.165, 1.54) is 12.1 Å². The summed E-state index contributed by atoms with van der Waals surface area (Å²) in [6, 6.07) is 12.9. The van der Waals surface area contributed by atoms with Gasteiger partial charge in [0.15, 0.2) is 0 Å². The van der Waals surface area contributed by atoms with Crippen molar-refractivity contribution >= 4 is 11.7 Å². The number of nitrogens with one attached hydrogen (secondary N) is 2. The maximum Gasteiger partial charge on any atom is 0.416 e. The van der Waals surface area contributed by atoms with Crippen LogP contribution in [-0.2, 0) is 12.6 Å². The Balaban J connectivity index is 1.83. The molecule has 0 radical (unpaired) electrons. The van der Waals surface area contributed by atoms with E-state index in [1.54, 1.807) is 0 Å². The fourth-order valence-corrected chi connectivity index (χ4v) is 2.12. The molecule has 2 amide bonds. The molecule has 4 nitrogen and oxygen atoms in total. The summed E-state index contributed by atoms with van der Waals surface area (Å²) in [5.74, 6) is 0. The molecule has 7 heteroatoms. The molecule has 128 valence electrons. The largest absolute Gasteiger partial charge is 0.416 e. The maximum atomic E-state index is 12.6. The van der Waals surface area contributed by atoms with Crippen molar-refractivity contribution in [2.45, 2.75) is 18.7 Å². The lowest BCUT2D eigenvalue weighted by Crippen LogP contribution is -2.36. The number of aliphatic hydroxyl groups excluding tert-OH is 1. The van der Waals surface area contributed by atoms with Gasteiger partial charge in [-0.3, -0.25) is 0 Å². The first-order chi connectivity index (χ1) is 11.3. The third-order valence-electron chi connectivity index (χ3n) is 3.26. The van der Waals surface area contributed by atoms with Crippen molar-refractivity contribution in [3.05, 3.63) is 65.7 Å². The third-order valence-corrected chi connectivity index (χ3v) is 3.26. The lowest BCUT2D eigenvalue weighted by atomic mass is 10.1. The van der Waals surface area contributed by atoms with Crippen molar-refractivity contribution in [3.8, 4) is 0 Å². The van der Waals surface area contributed by atoms with Crippen LogP contribution >= 0.6 is 0 Å². The molecule has 2 aromatic carbocycles. The quantitative estimate of drug-likeness (QED) is 0.782. The fraction of sp³-hybridized carbons (Fsp3) is 0.235. The minimum absolute atomic E-state index is 0.0142. The molecule has 0 fully saturated rings. The molecular formula is C17H17F3N2O2. The van der Waals surface area contributed by atoms with E-state index in [-0.39, 0.29) is 12.2 Å². The highest BCUT2D eigenvalue weighted by Gasteiger charge is 2.30. The number of urea groups is 1. The van der Waals surface area contributed by atoms with Crippen LogP contribution in [0.4, 0.5) is 23.7 Å². The summed E-state index contributed by atoms with van der Waals surface area (Å²) in [5, 5.41) is 14.6. The van der Waals surface area contributed by atoms with Crippen molar-refractivity contribution in [2.24, 2.45) is 0 Å². The van der Waals surface area contributed by atoms with Crippen LogP contribution < -0.4 is 10.6 Å². The average Bonchev–Trinajstić information content (AvgIpc) is 2.53. The van der Waals surface area contributed by atoms with Gasteiger partial charge in [0, 0.05) is 18.7 Å². The number of hydrogen-bond donors (Lipinski definition) is 3. The number of halogens is 3. The number of benzene rings is 2. The Morgan fingerprint density at radius 1 is 1.08 bits per heavy atom. The number of hydrogen-bond acceptors (Lipinski definition) is 2. The molecule has 0 bridgehead atoms. The summed E-state index contributed by atoms with van der Waals surface area (Å²) in [7, 11) is 0. The van der Waals surface area contributed by atoms with Gasteiger partial charge < -0.3 is 15.7 Å². The second kappa shape index (κ2) is 7.83. The summed E-state index contributed by atoms with van der Waals surface area (Å²) < 4.78 is 37.8. The molecule has 0 aliphatic rings. The highest BCUT2D eigenvalue weighted by molar-refractivity contribution is 5.89. The molecule has 0 aliphatic carbocycles. The Morgan fingerprint density at radius 3 is 2.46 bits per heavy atom. The summed E-state index contributed by atoms with van der Waals surface area (Å²) >= 11 is 0. The van der Waals surface area contributed by atoms with Crippen molar-refractivity contribution in [1.82, 2.24) is 5.32 Å². The summed E-state index contributed by atoms with van der Waals surface area (Å²) in [4.78, 5) is 11.7. The summed E-state index contributed by atoms with van der Waals surface area (Å²) in [5.41, 5.74) is 0.106. The topological polar surface area (TPSA) is 61.4 Å².